The molecule has 0 spiro atoms. The van der Waals surface area contributed by atoms with Gasteiger partial charge >= 0.3 is 0 Å². The van der Waals surface area contributed by atoms with Crippen molar-refractivity contribution in [1.29, 1.82) is 0 Å². The smallest absolute Gasteiger partial charge is 0.270 e. The van der Waals surface area contributed by atoms with Crippen molar-refractivity contribution >= 4 is 5.69 Å². The Kier molecular flexibility index (Phi) is 5.95. The maximum Gasteiger partial charge on any atom is 0.270 e. The van der Waals surface area contributed by atoms with E-state index in [9.17, 15) is 10.1 Å². The molecule has 0 N–H and O–H groups in total. The topological polar surface area (TPSA) is 88.5 Å². The summed E-state index contributed by atoms with van der Waals surface area (Å²) in [5, 5.41) is 14.9. The van der Waals surface area contributed by atoms with Gasteiger partial charge in [0.2, 0.25) is 11.7 Å². The van der Waals surface area contributed by atoms with E-state index in [1.807, 2.05) is 0 Å². The van der Waals surface area contributed by atoms with E-state index in [2.05, 4.69) is 33.8 Å². The summed E-state index contributed by atoms with van der Waals surface area (Å²) in [6.45, 7) is 10.3. The predicted octanol–water partition coefficient (Wildman–Crippen LogP) is 2.81. The Morgan fingerprint density at radius 3 is 2.65 bits per heavy atom. The molecule has 0 unspecified atom stereocenters. The number of nitrogens with zero attached hydrogens (tertiary/aromatic N) is 5. The molecule has 8 nitrogen and oxygen atoms in total. The number of non-ortho nitro benzene ring substituents is 1. The summed E-state index contributed by atoms with van der Waals surface area (Å²) in [7, 11) is 0. The summed E-state index contributed by atoms with van der Waals surface area (Å²) in [5.41, 5.74) is 0.610. The van der Waals surface area contributed by atoms with Crippen molar-refractivity contribution in [3.05, 3.63) is 40.3 Å². The van der Waals surface area contributed by atoms with E-state index in [0.29, 0.717) is 23.8 Å². The first kappa shape index (κ1) is 18.5. The summed E-state index contributed by atoms with van der Waals surface area (Å²) >= 11 is 0. The van der Waals surface area contributed by atoms with E-state index in [4.69, 9.17) is 4.52 Å². The van der Waals surface area contributed by atoms with Gasteiger partial charge in [-0.05, 0) is 18.9 Å². The molecule has 1 aromatic carbocycles. The van der Waals surface area contributed by atoms with Gasteiger partial charge in [-0.3, -0.25) is 15.0 Å². The zero-order valence-electron chi connectivity index (χ0n) is 15.3. The third kappa shape index (κ3) is 4.86. The molecule has 2 aromatic rings. The lowest BCUT2D eigenvalue weighted by Gasteiger charge is -2.34. The standard InChI is InChI=1S/C18H25N5O3/c1-14(2)6-7-21-8-10-22(11-9-21)13-17-19-18(20-26-17)15-4-3-5-16(12-15)23(24)25/h3-5,12,14H,6-11,13H2,1-2H3. The Morgan fingerprint density at radius 1 is 1.23 bits per heavy atom. The molecule has 1 aromatic heterocycles. The minimum atomic E-state index is -0.427. The molecule has 140 valence electrons. The lowest BCUT2D eigenvalue weighted by atomic mass is 10.1. The van der Waals surface area contributed by atoms with Gasteiger partial charge in [-0.15, -0.1) is 0 Å². The maximum absolute atomic E-state index is 10.9. The molecular formula is C18H25N5O3. The van der Waals surface area contributed by atoms with Crippen LogP contribution in [0.1, 0.15) is 26.2 Å². The van der Waals surface area contributed by atoms with Gasteiger partial charge in [0.15, 0.2) is 0 Å². The molecule has 0 radical (unpaired) electrons. The Bertz CT molecular complexity index is 738. The lowest BCUT2D eigenvalue weighted by Crippen LogP contribution is -2.46. The van der Waals surface area contributed by atoms with Crippen molar-refractivity contribution in [3.8, 4) is 11.4 Å². The average molecular weight is 359 g/mol. The fraction of sp³-hybridized carbons (Fsp3) is 0.556. The minimum absolute atomic E-state index is 0.0198. The normalized spacial score (nSPS) is 16.3. The molecule has 1 aliphatic rings. The first-order valence-electron chi connectivity index (χ1n) is 9.03. The molecule has 8 heteroatoms. The molecular weight excluding hydrogens is 334 g/mol. The van der Waals surface area contributed by atoms with Crippen molar-refractivity contribution < 1.29 is 9.45 Å². The highest BCUT2D eigenvalue weighted by Crippen LogP contribution is 2.21. The number of hydrogen-bond donors (Lipinski definition) is 0. The van der Waals surface area contributed by atoms with Crippen LogP contribution in [0.15, 0.2) is 28.8 Å². The van der Waals surface area contributed by atoms with Crippen LogP contribution in [0.4, 0.5) is 5.69 Å². The highest BCUT2D eigenvalue weighted by molar-refractivity contribution is 5.58. The number of benzene rings is 1. The number of hydrogen-bond acceptors (Lipinski definition) is 7. The zero-order valence-corrected chi connectivity index (χ0v) is 15.3. The van der Waals surface area contributed by atoms with Gasteiger partial charge in [0.25, 0.3) is 5.69 Å². The molecule has 0 amide bonds. The second-order valence-corrected chi connectivity index (χ2v) is 7.12. The predicted molar refractivity (Wildman–Crippen MR) is 97.6 cm³/mol. The summed E-state index contributed by atoms with van der Waals surface area (Å²) in [6.07, 6.45) is 1.23. The summed E-state index contributed by atoms with van der Waals surface area (Å²) < 4.78 is 5.34. The molecule has 26 heavy (non-hydrogen) atoms. The maximum atomic E-state index is 10.9. The molecule has 0 bridgehead atoms. The SMILES string of the molecule is CC(C)CCN1CCN(Cc2nc(-c3cccc([N+](=O)[O-])c3)no2)CC1. The van der Waals surface area contributed by atoms with Gasteiger partial charge in [0.05, 0.1) is 11.5 Å². The van der Waals surface area contributed by atoms with E-state index in [0.717, 1.165) is 38.6 Å². The molecule has 0 saturated carbocycles. The highest BCUT2D eigenvalue weighted by Gasteiger charge is 2.20. The highest BCUT2D eigenvalue weighted by atomic mass is 16.6. The van der Waals surface area contributed by atoms with Crippen LogP contribution in [-0.2, 0) is 6.54 Å². The van der Waals surface area contributed by atoms with Crippen LogP contribution < -0.4 is 0 Å². The quantitative estimate of drug-likeness (QED) is 0.555. The summed E-state index contributed by atoms with van der Waals surface area (Å²) in [4.78, 5) is 19.7. The van der Waals surface area contributed by atoms with E-state index >= 15 is 0 Å². The van der Waals surface area contributed by atoms with Crippen LogP contribution in [0.2, 0.25) is 0 Å². The Hall–Kier alpha value is -2.32. The van der Waals surface area contributed by atoms with E-state index in [1.54, 1.807) is 12.1 Å². The van der Waals surface area contributed by atoms with Crippen molar-refractivity contribution in [3.63, 3.8) is 0 Å². The fourth-order valence-corrected chi connectivity index (χ4v) is 3.00. The van der Waals surface area contributed by atoms with Crippen LogP contribution in [0, 0.1) is 16.0 Å². The number of rotatable bonds is 7. The average Bonchev–Trinajstić information content (AvgIpc) is 3.10. The van der Waals surface area contributed by atoms with Gasteiger partial charge in [-0.25, -0.2) is 0 Å². The van der Waals surface area contributed by atoms with Crippen LogP contribution in [0.5, 0.6) is 0 Å². The van der Waals surface area contributed by atoms with Gasteiger partial charge in [-0.2, -0.15) is 4.98 Å². The molecule has 0 aliphatic carbocycles. The Morgan fingerprint density at radius 2 is 1.96 bits per heavy atom. The second-order valence-electron chi connectivity index (χ2n) is 7.12. The van der Waals surface area contributed by atoms with Crippen molar-refractivity contribution in [2.24, 2.45) is 5.92 Å². The van der Waals surface area contributed by atoms with E-state index in [1.165, 1.54) is 18.6 Å². The van der Waals surface area contributed by atoms with E-state index < -0.39 is 4.92 Å². The fourth-order valence-electron chi connectivity index (χ4n) is 3.00. The minimum Gasteiger partial charge on any atom is -0.338 e. The monoisotopic (exact) mass is 359 g/mol. The largest absolute Gasteiger partial charge is 0.338 e. The van der Waals surface area contributed by atoms with Crippen LogP contribution in [-0.4, -0.2) is 57.6 Å². The van der Waals surface area contributed by atoms with E-state index in [-0.39, 0.29) is 5.69 Å². The summed E-state index contributed by atoms with van der Waals surface area (Å²) in [5.74, 6) is 1.67. The van der Waals surface area contributed by atoms with Crippen molar-refractivity contribution in [1.82, 2.24) is 19.9 Å². The number of piperazine rings is 1. The van der Waals surface area contributed by atoms with Crippen molar-refractivity contribution in [2.75, 3.05) is 32.7 Å². The molecule has 2 heterocycles. The molecule has 0 atom stereocenters. The number of nitro benzene ring substituents is 1. The summed E-state index contributed by atoms with van der Waals surface area (Å²) in [6, 6.07) is 6.28. The molecule has 3 rings (SSSR count). The Labute approximate surface area is 152 Å². The number of aromatic nitrogens is 2. The van der Waals surface area contributed by atoms with Crippen LogP contribution >= 0.6 is 0 Å². The lowest BCUT2D eigenvalue weighted by molar-refractivity contribution is -0.384. The van der Waals surface area contributed by atoms with Gasteiger partial charge in [0, 0.05) is 43.9 Å². The van der Waals surface area contributed by atoms with Gasteiger partial charge in [0.1, 0.15) is 0 Å². The molecule has 1 aliphatic heterocycles. The van der Waals surface area contributed by atoms with Gasteiger partial charge in [-0.1, -0.05) is 31.1 Å². The second kappa shape index (κ2) is 8.37. The van der Waals surface area contributed by atoms with Gasteiger partial charge < -0.3 is 9.42 Å². The van der Waals surface area contributed by atoms with Crippen LogP contribution in [0.3, 0.4) is 0 Å². The molecule has 1 fully saturated rings. The zero-order chi connectivity index (χ0) is 18.5. The first-order chi connectivity index (χ1) is 12.5. The van der Waals surface area contributed by atoms with Crippen molar-refractivity contribution in [2.45, 2.75) is 26.8 Å². The third-order valence-electron chi connectivity index (χ3n) is 4.63. The Balaban J connectivity index is 1.55. The molecule has 1 saturated heterocycles. The third-order valence-corrected chi connectivity index (χ3v) is 4.63. The van der Waals surface area contributed by atoms with Crippen LogP contribution in [0.25, 0.3) is 11.4 Å². The number of nitro groups is 1. The first-order valence-corrected chi connectivity index (χ1v) is 9.03.